The molecule has 0 aliphatic rings. The fourth-order valence-corrected chi connectivity index (χ4v) is 3.38. The number of nitrogens with two attached hydrogens (primary N) is 1. The maximum absolute atomic E-state index is 12.3. The number of fused-ring (bicyclic) bond motifs is 1. The molecule has 164 valence electrons. The lowest BCUT2D eigenvalue weighted by Crippen LogP contribution is -2.12. The van der Waals surface area contributed by atoms with Crippen molar-refractivity contribution in [2.75, 3.05) is 5.73 Å². The molecule has 0 aliphatic heterocycles. The summed E-state index contributed by atoms with van der Waals surface area (Å²) in [6, 6.07) is 10.7. The van der Waals surface area contributed by atoms with Crippen LogP contribution in [0.2, 0.25) is 5.02 Å². The number of halogens is 4. The van der Waals surface area contributed by atoms with Gasteiger partial charge in [-0.05, 0) is 23.8 Å². The van der Waals surface area contributed by atoms with Gasteiger partial charge in [-0.3, -0.25) is 9.20 Å². The zero-order valence-corrected chi connectivity index (χ0v) is 17.4. The number of hydrogen-bond acceptors (Lipinski definition) is 5. The SMILES string of the molecule is Nc1nc(-c2ccn3c(-c4cccc(CC(=O)CCC(F)(F)F)c4)cnc3c2)ncc1Cl. The fraction of sp³-hybridized carbons (Fsp3) is 0.182. The van der Waals surface area contributed by atoms with E-state index in [1.807, 2.05) is 22.7 Å². The number of benzene rings is 1. The topological polar surface area (TPSA) is 86.2 Å². The highest BCUT2D eigenvalue weighted by molar-refractivity contribution is 6.32. The van der Waals surface area contributed by atoms with Crippen LogP contribution in [0.1, 0.15) is 18.4 Å². The lowest BCUT2D eigenvalue weighted by Gasteiger charge is -2.08. The highest BCUT2D eigenvalue weighted by atomic mass is 35.5. The monoisotopic (exact) mass is 459 g/mol. The first-order chi connectivity index (χ1) is 15.2. The number of nitrogen functional groups attached to an aromatic ring is 1. The molecule has 0 fully saturated rings. The Hall–Kier alpha value is -3.46. The van der Waals surface area contributed by atoms with Gasteiger partial charge in [-0.1, -0.05) is 29.8 Å². The molecule has 6 nitrogen and oxygen atoms in total. The number of imidazole rings is 1. The van der Waals surface area contributed by atoms with Crippen molar-refractivity contribution in [2.45, 2.75) is 25.4 Å². The van der Waals surface area contributed by atoms with Gasteiger partial charge in [0.25, 0.3) is 0 Å². The number of rotatable bonds is 6. The van der Waals surface area contributed by atoms with E-state index in [4.69, 9.17) is 17.3 Å². The molecule has 2 N–H and O–H groups in total. The number of Topliss-reactive ketones (excluding diaryl/α,β-unsaturated/α-hetero) is 1. The average Bonchev–Trinajstić information content (AvgIpc) is 3.17. The zero-order valence-electron chi connectivity index (χ0n) is 16.6. The maximum Gasteiger partial charge on any atom is 0.389 e. The first kappa shape index (κ1) is 21.8. The van der Waals surface area contributed by atoms with E-state index in [9.17, 15) is 18.0 Å². The maximum atomic E-state index is 12.3. The first-order valence-electron chi connectivity index (χ1n) is 9.63. The molecular formula is C22H17ClF3N5O. The largest absolute Gasteiger partial charge is 0.389 e. The summed E-state index contributed by atoms with van der Waals surface area (Å²) in [5, 5.41) is 0.273. The van der Waals surface area contributed by atoms with Crippen molar-refractivity contribution >= 4 is 28.8 Å². The van der Waals surface area contributed by atoms with E-state index in [0.29, 0.717) is 22.6 Å². The molecule has 10 heteroatoms. The summed E-state index contributed by atoms with van der Waals surface area (Å²) in [5.74, 6) is 0.143. The molecule has 4 rings (SSSR count). The second kappa shape index (κ2) is 8.58. The Labute approximate surface area is 185 Å². The van der Waals surface area contributed by atoms with E-state index in [1.165, 1.54) is 6.20 Å². The Balaban J connectivity index is 1.58. The van der Waals surface area contributed by atoms with Crippen molar-refractivity contribution in [3.05, 3.63) is 65.6 Å². The van der Waals surface area contributed by atoms with E-state index in [-0.39, 0.29) is 17.3 Å². The number of carbonyl (C=O) groups excluding carboxylic acids is 1. The summed E-state index contributed by atoms with van der Waals surface area (Å²) in [4.78, 5) is 24.7. The first-order valence-corrected chi connectivity index (χ1v) is 10.0. The second-order valence-corrected chi connectivity index (χ2v) is 7.65. The van der Waals surface area contributed by atoms with Crippen LogP contribution in [0, 0.1) is 0 Å². The van der Waals surface area contributed by atoms with Gasteiger partial charge in [0, 0.05) is 30.2 Å². The summed E-state index contributed by atoms with van der Waals surface area (Å²) in [5.41, 5.74) is 9.31. The Kier molecular flexibility index (Phi) is 5.84. The van der Waals surface area contributed by atoms with Crippen LogP contribution in [0.25, 0.3) is 28.3 Å². The number of ketones is 1. The van der Waals surface area contributed by atoms with Crippen molar-refractivity contribution in [3.8, 4) is 22.6 Å². The summed E-state index contributed by atoms with van der Waals surface area (Å²) >= 11 is 5.88. The van der Waals surface area contributed by atoms with Gasteiger partial charge < -0.3 is 5.73 Å². The molecule has 0 atom stereocenters. The molecule has 1 aromatic carbocycles. The van der Waals surface area contributed by atoms with Crippen molar-refractivity contribution < 1.29 is 18.0 Å². The minimum atomic E-state index is -4.34. The van der Waals surface area contributed by atoms with Crippen molar-refractivity contribution in [2.24, 2.45) is 0 Å². The Morgan fingerprint density at radius 2 is 1.91 bits per heavy atom. The Bertz CT molecular complexity index is 1300. The van der Waals surface area contributed by atoms with Gasteiger partial charge in [0.2, 0.25) is 0 Å². The molecule has 4 aromatic rings. The van der Waals surface area contributed by atoms with Gasteiger partial charge >= 0.3 is 6.18 Å². The van der Waals surface area contributed by atoms with Crippen LogP contribution in [0.3, 0.4) is 0 Å². The number of nitrogens with zero attached hydrogens (tertiary/aromatic N) is 4. The van der Waals surface area contributed by atoms with E-state index in [0.717, 1.165) is 11.3 Å². The molecule has 0 saturated carbocycles. The predicted octanol–water partition coefficient (Wildman–Crippen LogP) is 5.15. The number of aromatic nitrogens is 4. The average molecular weight is 460 g/mol. The molecule has 0 spiro atoms. The van der Waals surface area contributed by atoms with Gasteiger partial charge in [0.05, 0.1) is 24.5 Å². The van der Waals surface area contributed by atoms with Crippen molar-refractivity contribution in [1.82, 2.24) is 19.4 Å². The Morgan fingerprint density at radius 1 is 1.09 bits per heavy atom. The molecule has 32 heavy (non-hydrogen) atoms. The highest BCUT2D eigenvalue weighted by Crippen LogP contribution is 2.26. The third kappa shape index (κ3) is 4.88. The Morgan fingerprint density at radius 3 is 2.66 bits per heavy atom. The molecule has 0 amide bonds. The quantitative estimate of drug-likeness (QED) is 0.431. The molecule has 0 radical (unpaired) electrons. The van der Waals surface area contributed by atoms with Crippen LogP contribution in [0.4, 0.5) is 19.0 Å². The number of pyridine rings is 1. The summed E-state index contributed by atoms with van der Waals surface area (Å²) < 4.78 is 38.9. The lowest BCUT2D eigenvalue weighted by atomic mass is 10.0. The van der Waals surface area contributed by atoms with E-state index >= 15 is 0 Å². The summed E-state index contributed by atoms with van der Waals surface area (Å²) in [7, 11) is 0. The molecule has 0 saturated heterocycles. The van der Waals surface area contributed by atoms with Gasteiger partial charge in [-0.25, -0.2) is 15.0 Å². The van der Waals surface area contributed by atoms with E-state index in [2.05, 4.69) is 15.0 Å². The lowest BCUT2D eigenvalue weighted by molar-refractivity contribution is -0.143. The number of hydrogen-bond donors (Lipinski definition) is 1. The van der Waals surface area contributed by atoms with Gasteiger partial charge in [0.15, 0.2) is 5.82 Å². The predicted molar refractivity (Wildman–Crippen MR) is 115 cm³/mol. The molecule has 3 heterocycles. The molecular weight excluding hydrogens is 443 g/mol. The fourth-order valence-electron chi connectivity index (χ4n) is 3.29. The van der Waals surface area contributed by atoms with Crippen LogP contribution >= 0.6 is 11.6 Å². The third-order valence-electron chi connectivity index (χ3n) is 4.85. The smallest absolute Gasteiger partial charge is 0.382 e. The molecule has 3 aromatic heterocycles. The summed E-state index contributed by atoms with van der Waals surface area (Å²) in [6.45, 7) is 0. The molecule has 0 bridgehead atoms. The number of alkyl halides is 3. The van der Waals surface area contributed by atoms with Gasteiger partial charge in [-0.15, -0.1) is 0 Å². The van der Waals surface area contributed by atoms with Crippen LogP contribution in [-0.4, -0.2) is 31.3 Å². The van der Waals surface area contributed by atoms with Gasteiger partial charge in [0.1, 0.15) is 22.3 Å². The minimum Gasteiger partial charge on any atom is -0.382 e. The highest BCUT2D eigenvalue weighted by Gasteiger charge is 2.27. The van der Waals surface area contributed by atoms with Crippen LogP contribution < -0.4 is 5.73 Å². The third-order valence-corrected chi connectivity index (χ3v) is 5.15. The second-order valence-electron chi connectivity index (χ2n) is 7.24. The van der Waals surface area contributed by atoms with E-state index in [1.54, 1.807) is 30.5 Å². The summed E-state index contributed by atoms with van der Waals surface area (Å²) in [6.07, 6.45) is -1.10. The van der Waals surface area contributed by atoms with Crippen LogP contribution in [0.5, 0.6) is 0 Å². The number of carbonyl (C=O) groups is 1. The molecule has 0 aliphatic carbocycles. The standard InChI is InChI=1S/C22H17ClF3N5O/c23-17-11-29-21(30-20(17)27)15-5-7-31-18(12-28-19(31)10-15)14-3-1-2-13(8-14)9-16(32)4-6-22(24,25)26/h1-3,5,7-8,10-12H,4,6,9H2,(H2,27,29,30). The van der Waals surface area contributed by atoms with E-state index < -0.39 is 24.8 Å². The zero-order chi connectivity index (χ0) is 22.9. The van der Waals surface area contributed by atoms with Crippen molar-refractivity contribution in [1.29, 1.82) is 0 Å². The number of anilines is 1. The molecule has 0 unspecified atom stereocenters. The van der Waals surface area contributed by atoms with Crippen LogP contribution in [0.15, 0.2) is 55.0 Å². The van der Waals surface area contributed by atoms with Crippen molar-refractivity contribution in [3.63, 3.8) is 0 Å². The normalized spacial score (nSPS) is 11.8. The minimum absolute atomic E-state index is 0.0554. The van der Waals surface area contributed by atoms with Crippen LogP contribution in [-0.2, 0) is 11.2 Å². The van der Waals surface area contributed by atoms with Gasteiger partial charge in [-0.2, -0.15) is 13.2 Å².